The van der Waals surface area contributed by atoms with E-state index in [9.17, 15) is 0 Å². The summed E-state index contributed by atoms with van der Waals surface area (Å²) in [5, 5.41) is 1.06. The number of pyridine rings is 1. The lowest BCUT2D eigenvalue weighted by molar-refractivity contribution is 0.295. The average Bonchev–Trinajstić information content (AvgIpc) is 2.18. The molecule has 0 aliphatic carbocycles. The Balaban J connectivity index is 2.49. The molecule has 0 aliphatic heterocycles. The van der Waals surface area contributed by atoms with E-state index in [1.165, 1.54) is 4.90 Å². The van der Waals surface area contributed by atoms with Gasteiger partial charge in [-0.1, -0.05) is 36.7 Å². The first-order valence-corrected chi connectivity index (χ1v) is 7.23. The van der Waals surface area contributed by atoms with Crippen molar-refractivity contribution in [2.45, 2.75) is 25.7 Å². The van der Waals surface area contributed by atoms with Crippen molar-refractivity contribution in [1.82, 2.24) is 4.98 Å². The smallest absolute Gasteiger partial charge is 0.0278 e. The van der Waals surface area contributed by atoms with Crippen molar-refractivity contribution in [2.24, 2.45) is 11.3 Å². The molecule has 1 aromatic heterocycles. The van der Waals surface area contributed by atoms with Crippen LogP contribution in [-0.4, -0.2) is 16.1 Å². The lowest BCUT2D eigenvalue weighted by Crippen LogP contribution is -2.23. The fourth-order valence-corrected chi connectivity index (χ4v) is 3.99. The summed E-state index contributed by atoms with van der Waals surface area (Å²) < 4.78 is 0. The van der Waals surface area contributed by atoms with Crippen molar-refractivity contribution in [1.29, 1.82) is 0 Å². The number of rotatable bonds is 4. The Labute approximate surface area is 105 Å². The minimum Gasteiger partial charge on any atom is -0.265 e. The molecule has 0 N–H and O–H groups in total. The van der Waals surface area contributed by atoms with Crippen LogP contribution in [0.15, 0.2) is 29.4 Å². The number of thioether (sulfide) groups is 1. The molecule has 0 bridgehead atoms. The Hall–Kier alpha value is -0.0200. The molecular weight excluding hydrogens is 270 g/mol. The molecule has 84 valence electrons. The first-order chi connectivity index (χ1) is 7.04. The first-order valence-electron chi connectivity index (χ1n) is 5.13. The SMILES string of the molecule is CC(C)(C)C(CBr)CSc1ccncc1. The van der Waals surface area contributed by atoms with Crippen LogP contribution in [0.3, 0.4) is 0 Å². The second-order valence-electron chi connectivity index (χ2n) is 4.71. The van der Waals surface area contributed by atoms with Crippen LogP contribution in [0.4, 0.5) is 0 Å². The van der Waals surface area contributed by atoms with E-state index in [4.69, 9.17) is 0 Å². The molecule has 0 aliphatic rings. The fourth-order valence-electron chi connectivity index (χ4n) is 1.16. The van der Waals surface area contributed by atoms with E-state index in [0.29, 0.717) is 11.3 Å². The third-order valence-corrected chi connectivity index (χ3v) is 4.47. The standard InChI is InChI=1S/C12H18BrNS/c1-12(2,3)10(8-13)9-15-11-4-6-14-7-5-11/h4-7,10H,8-9H2,1-3H3. The maximum absolute atomic E-state index is 4.02. The molecule has 1 aromatic rings. The Kier molecular flexibility index (Phi) is 5.13. The highest BCUT2D eigenvalue weighted by Crippen LogP contribution is 2.32. The van der Waals surface area contributed by atoms with Crippen LogP contribution in [0, 0.1) is 11.3 Å². The van der Waals surface area contributed by atoms with Gasteiger partial charge in [-0.25, -0.2) is 0 Å². The summed E-state index contributed by atoms with van der Waals surface area (Å²) in [5.41, 5.74) is 0.365. The van der Waals surface area contributed by atoms with Crippen molar-refractivity contribution in [3.8, 4) is 0 Å². The quantitative estimate of drug-likeness (QED) is 0.607. The highest BCUT2D eigenvalue weighted by atomic mass is 79.9. The molecule has 15 heavy (non-hydrogen) atoms. The third-order valence-electron chi connectivity index (χ3n) is 2.51. The number of nitrogens with zero attached hydrogens (tertiary/aromatic N) is 1. The van der Waals surface area contributed by atoms with Crippen molar-refractivity contribution >= 4 is 27.7 Å². The van der Waals surface area contributed by atoms with Gasteiger partial charge in [0.15, 0.2) is 0 Å². The molecule has 1 atom stereocenters. The molecule has 1 heterocycles. The van der Waals surface area contributed by atoms with Crippen molar-refractivity contribution in [3.05, 3.63) is 24.5 Å². The van der Waals surface area contributed by atoms with Gasteiger partial charge in [0.05, 0.1) is 0 Å². The van der Waals surface area contributed by atoms with Crippen LogP contribution >= 0.6 is 27.7 Å². The van der Waals surface area contributed by atoms with Gasteiger partial charge < -0.3 is 0 Å². The summed E-state index contributed by atoms with van der Waals surface area (Å²) in [5.74, 6) is 1.84. The maximum atomic E-state index is 4.02. The van der Waals surface area contributed by atoms with E-state index in [-0.39, 0.29) is 0 Å². The summed E-state index contributed by atoms with van der Waals surface area (Å²) in [6.07, 6.45) is 3.70. The Bertz CT molecular complexity index is 281. The van der Waals surface area contributed by atoms with Crippen LogP contribution in [-0.2, 0) is 0 Å². The van der Waals surface area contributed by atoms with E-state index in [1.807, 2.05) is 24.2 Å². The molecule has 0 radical (unpaired) electrons. The Morgan fingerprint density at radius 1 is 1.33 bits per heavy atom. The largest absolute Gasteiger partial charge is 0.265 e. The summed E-state index contributed by atoms with van der Waals surface area (Å²) >= 11 is 5.51. The number of hydrogen-bond acceptors (Lipinski definition) is 2. The fraction of sp³-hybridized carbons (Fsp3) is 0.583. The van der Waals surface area contributed by atoms with Gasteiger partial charge in [0.1, 0.15) is 0 Å². The molecular formula is C12H18BrNS. The van der Waals surface area contributed by atoms with E-state index >= 15 is 0 Å². The molecule has 1 nitrogen and oxygen atoms in total. The molecule has 1 unspecified atom stereocenters. The van der Waals surface area contributed by atoms with Crippen molar-refractivity contribution in [2.75, 3.05) is 11.1 Å². The first kappa shape index (κ1) is 13.0. The molecule has 0 fully saturated rings. The molecule has 0 amide bonds. The Morgan fingerprint density at radius 3 is 2.40 bits per heavy atom. The van der Waals surface area contributed by atoms with Crippen molar-refractivity contribution in [3.63, 3.8) is 0 Å². The van der Waals surface area contributed by atoms with E-state index in [2.05, 4.69) is 53.8 Å². The van der Waals surface area contributed by atoms with Crippen LogP contribution < -0.4 is 0 Å². The summed E-state index contributed by atoms with van der Waals surface area (Å²) in [6.45, 7) is 6.89. The second kappa shape index (κ2) is 5.90. The monoisotopic (exact) mass is 287 g/mol. The van der Waals surface area contributed by atoms with E-state index in [1.54, 1.807) is 0 Å². The van der Waals surface area contributed by atoms with E-state index in [0.717, 1.165) is 11.1 Å². The lowest BCUT2D eigenvalue weighted by Gasteiger charge is -2.28. The zero-order chi connectivity index (χ0) is 11.3. The zero-order valence-corrected chi connectivity index (χ0v) is 11.9. The highest BCUT2D eigenvalue weighted by Gasteiger charge is 2.23. The van der Waals surface area contributed by atoms with Gasteiger partial charge in [-0.2, -0.15) is 0 Å². The molecule has 3 heteroatoms. The number of halogens is 1. The molecule has 0 saturated carbocycles. The van der Waals surface area contributed by atoms with E-state index < -0.39 is 0 Å². The van der Waals surface area contributed by atoms with Gasteiger partial charge in [0, 0.05) is 28.4 Å². The summed E-state index contributed by atoms with van der Waals surface area (Å²) in [7, 11) is 0. The van der Waals surface area contributed by atoms with Crippen molar-refractivity contribution < 1.29 is 0 Å². The van der Waals surface area contributed by atoms with Gasteiger partial charge in [-0.05, 0) is 23.5 Å². The predicted octanol–water partition coefficient (Wildman–Crippen LogP) is 4.23. The minimum atomic E-state index is 0.365. The number of hydrogen-bond donors (Lipinski definition) is 0. The molecule has 0 spiro atoms. The Morgan fingerprint density at radius 2 is 1.93 bits per heavy atom. The van der Waals surface area contributed by atoms with Crippen LogP contribution in [0.5, 0.6) is 0 Å². The van der Waals surface area contributed by atoms with Crippen LogP contribution in [0.25, 0.3) is 0 Å². The minimum absolute atomic E-state index is 0.365. The third kappa shape index (κ3) is 4.56. The summed E-state index contributed by atoms with van der Waals surface area (Å²) in [6, 6.07) is 4.14. The van der Waals surface area contributed by atoms with Gasteiger partial charge in [-0.3, -0.25) is 4.98 Å². The molecule has 0 saturated heterocycles. The molecule has 1 rings (SSSR count). The average molecular weight is 288 g/mol. The second-order valence-corrected chi connectivity index (χ2v) is 6.45. The maximum Gasteiger partial charge on any atom is 0.0278 e. The lowest BCUT2D eigenvalue weighted by atomic mass is 9.83. The van der Waals surface area contributed by atoms with Crippen LogP contribution in [0.2, 0.25) is 0 Å². The topological polar surface area (TPSA) is 12.9 Å². The van der Waals surface area contributed by atoms with Crippen LogP contribution in [0.1, 0.15) is 20.8 Å². The van der Waals surface area contributed by atoms with Gasteiger partial charge in [0.25, 0.3) is 0 Å². The zero-order valence-electron chi connectivity index (χ0n) is 9.53. The number of alkyl halides is 1. The van der Waals surface area contributed by atoms with Gasteiger partial charge in [0.2, 0.25) is 0 Å². The van der Waals surface area contributed by atoms with Gasteiger partial charge in [-0.15, -0.1) is 11.8 Å². The highest BCUT2D eigenvalue weighted by molar-refractivity contribution is 9.09. The summed E-state index contributed by atoms with van der Waals surface area (Å²) in [4.78, 5) is 5.32. The normalized spacial score (nSPS) is 13.9. The van der Waals surface area contributed by atoms with Gasteiger partial charge >= 0.3 is 0 Å². The number of aromatic nitrogens is 1. The predicted molar refractivity (Wildman–Crippen MR) is 71.7 cm³/mol. The molecule has 0 aromatic carbocycles.